The fraction of sp³-hybridized carbons (Fsp3) is 0.333. The van der Waals surface area contributed by atoms with E-state index in [1.165, 1.54) is 11.3 Å². The number of fused-ring (bicyclic) bond motifs is 1. The number of likely N-dealkylation sites (tertiary alicyclic amines) is 1. The van der Waals surface area contributed by atoms with Crippen molar-refractivity contribution in [3.05, 3.63) is 41.3 Å². The molecule has 4 rings (SSSR count). The summed E-state index contributed by atoms with van der Waals surface area (Å²) in [5.41, 5.74) is 1.02. The molecule has 1 saturated heterocycles. The molecule has 0 saturated carbocycles. The summed E-state index contributed by atoms with van der Waals surface area (Å²) in [6.45, 7) is 1.63. The molecule has 0 aliphatic carbocycles. The standard InChI is InChI=1S/C18H20N4OS2/c1-19-13-8-5-9-22(11-13)17(23)15-10-14-16(24-15)21-18(25-14)20-12-6-3-2-4-7-12/h2-4,6-7,10,13,19H,5,8-9,11H2,1H3,(H,20,21). The topological polar surface area (TPSA) is 57.3 Å². The lowest BCUT2D eigenvalue weighted by molar-refractivity contribution is 0.0703. The molecule has 0 radical (unpaired) electrons. The number of hydrogen-bond acceptors (Lipinski definition) is 6. The molecule has 2 N–H and O–H groups in total. The molecule has 3 heterocycles. The van der Waals surface area contributed by atoms with Crippen molar-refractivity contribution in [3.63, 3.8) is 0 Å². The Balaban J connectivity index is 1.50. The first-order chi connectivity index (χ1) is 12.2. The van der Waals surface area contributed by atoms with Crippen molar-refractivity contribution < 1.29 is 4.79 Å². The van der Waals surface area contributed by atoms with Crippen LogP contribution in [0.3, 0.4) is 0 Å². The molecule has 3 aromatic rings. The minimum atomic E-state index is 0.132. The van der Waals surface area contributed by atoms with Gasteiger partial charge < -0.3 is 15.5 Å². The van der Waals surface area contributed by atoms with Gasteiger partial charge in [-0.25, -0.2) is 4.98 Å². The minimum absolute atomic E-state index is 0.132. The molecule has 1 unspecified atom stereocenters. The van der Waals surface area contributed by atoms with Crippen molar-refractivity contribution in [2.45, 2.75) is 18.9 Å². The molecule has 1 aromatic carbocycles. The lowest BCUT2D eigenvalue weighted by Gasteiger charge is -2.32. The van der Waals surface area contributed by atoms with E-state index in [1.807, 2.05) is 48.3 Å². The molecule has 1 aliphatic heterocycles. The first-order valence-electron chi connectivity index (χ1n) is 8.42. The zero-order valence-corrected chi connectivity index (χ0v) is 15.6. The number of nitrogens with zero attached hydrogens (tertiary/aromatic N) is 2. The molecule has 5 nitrogen and oxygen atoms in total. The van der Waals surface area contributed by atoms with Crippen LogP contribution in [0.15, 0.2) is 36.4 Å². The molecule has 0 bridgehead atoms. The fourth-order valence-electron chi connectivity index (χ4n) is 3.09. The van der Waals surface area contributed by atoms with E-state index in [2.05, 4.69) is 15.6 Å². The Morgan fingerprint density at radius 2 is 2.12 bits per heavy atom. The number of amides is 1. The van der Waals surface area contributed by atoms with Crippen LogP contribution < -0.4 is 10.6 Å². The number of likely N-dealkylation sites (N-methyl/N-ethyl adjacent to an activating group) is 1. The number of nitrogens with one attached hydrogen (secondary N) is 2. The summed E-state index contributed by atoms with van der Waals surface area (Å²) in [6, 6.07) is 12.4. The molecule has 7 heteroatoms. The van der Waals surface area contributed by atoms with Gasteiger partial charge >= 0.3 is 0 Å². The summed E-state index contributed by atoms with van der Waals surface area (Å²) in [7, 11) is 1.96. The van der Waals surface area contributed by atoms with Gasteiger partial charge in [-0.15, -0.1) is 11.3 Å². The van der Waals surface area contributed by atoms with E-state index in [9.17, 15) is 4.79 Å². The molecule has 1 aliphatic rings. The van der Waals surface area contributed by atoms with E-state index in [4.69, 9.17) is 0 Å². The zero-order valence-electron chi connectivity index (χ0n) is 14.0. The van der Waals surface area contributed by atoms with E-state index in [0.717, 1.165) is 51.2 Å². The van der Waals surface area contributed by atoms with Crippen molar-refractivity contribution in [1.82, 2.24) is 15.2 Å². The van der Waals surface area contributed by atoms with Crippen molar-refractivity contribution in [2.24, 2.45) is 0 Å². The third-order valence-corrected chi connectivity index (χ3v) is 6.51. The highest BCUT2D eigenvalue weighted by molar-refractivity contribution is 7.29. The van der Waals surface area contributed by atoms with Gasteiger partial charge in [0, 0.05) is 24.8 Å². The maximum Gasteiger partial charge on any atom is 0.264 e. The predicted octanol–water partition coefficient (Wildman–Crippen LogP) is 3.93. The number of aromatic nitrogens is 1. The van der Waals surface area contributed by atoms with Crippen LogP contribution in [0.5, 0.6) is 0 Å². The van der Waals surface area contributed by atoms with E-state index < -0.39 is 0 Å². The molecule has 1 atom stereocenters. The number of carbonyl (C=O) groups excluding carboxylic acids is 1. The third-order valence-electron chi connectivity index (χ3n) is 4.44. The molecule has 2 aromatic heterocycles. The zero-order chi connectivity index (χ0) is 17.2. The van der Waals surface area contributed by atoms with Gasteiger partial charge in [-0.1, -0.05) is 29.5 Å². The average Bonchev–Trinajstić information content (AvgIpc) is 3.20. The van der Waals surface area contributed by atoms with Crippen LogP contribution in [0.2, 0.25) is 0 Å². The van der Waals surface area contributed by atoms with Gasteiger partial charge in [0.1, 0.15) is 4.83 Å². The van der Waals surface area contributed by atoms with E-state index in [1.54, 1.807) is 11.3 Å². The SMILES string of the molecule is CNC1CCCN(C(=O)c2cc3sc(Nc4ccccc4)nc3s2)C1. The van der Waals surface area contributed by atoms with Crippen LogP contribution in [-0.2, 0) is 0 Å². The first-order valence-corrected chi connectivity index (χ1v) is 10.1. The maximum atomic E-state index is 12.8. The fourth-order valence-corrected chi connectivity index (χ4v) is 5.20. The van der Waals surface area contributed by atoms with E-state index in [0.29, 0.717) is 6.04 Å². The normalized spacial score (nSPS) is 17.8. The first kappa shape index (κ1) is 16.5. The monoisotopic (exact) mass is 372 g/mol. The molecule has 130 valence electrons. The van der Waals surface area contributed by atoms with Crippen molar-refractivity contribution >= 4 is 48.9 Å². The number of rotatable bonds is 4. The second-order valence-electron chi connectivity index (χ2n) is 6.17. The second kappa shape index (κ2) is 7.11. The third kappa shape index (κ3) is 3.53. The van der Waals surface area contributed by atoms with Crippen LogP contribution in [0, 0.1) is 0 Å². The van der Waals surface area contributed by atoms with Crippen LogP contribution in [-0.4, -0.2) is 42.0 Å². The number of para-hydroxylation sites is 1. The summed E-state index contributed by atoms with van der Waals surface area (Å²) in [5.74, 6) is 0.132. The van der Waals surface area contributed by atoms with Gasteiger partial charge in [0.15, 0.2) is 5.13 Å². The van der Waals surface area contributed by atoms with Gasteiger partial charge in [0.25, 0.3) is 5.91 Å². The van der Waals surface area contributed by atoms with Crippen LogP contribution in [0.25, 0.3) is 9.53 Å². The van der Waals surface area contributed by atoms with Crippen molar-refractivity contribution in [2.75, 3.05) is 25.5 Å². The Labute approximate surface area is 154 Å². The van der Waals surface area contributed by atoms with Gasteiger partial charge in [-0.2, -0.15) is 0 Å². The molecule has 1 amide bonds. The van der Waals surface area contributed by atoms with Gasteiger partial charge in [-0.3, -0.25) is 4.79 Å². The summed E-state index contributed by atoms with van der Waals surface area (Å²) in [4.78, 5) is 21.1. The Kier molecular flexibility index (Phi) is 4.70. The largest absolute Gasteiger partial charge is 0.336 e. The Morgan fingerprint density at radius 3 is 2.88 bits per heavy atom. The molecular formula is C18H20N4OS2. The maximum absolute atomic E-state index is 12.8. The Morgan fingerprint density at radius 1 is 1.28 bits per heavy atom. The van der Waals surface area contributed by atoms with Crippen LogP contribution in [0.4, 0.5) is 10.8 Å². The second-order valence-corrected chi connectivity index (χ2v) is 8.23. The highest BCUT2D eigenvalue weighted by atomic mass is 32.1. The number of thiophene rings is 1. The van der Waals surface area contributed by atoms with Crippen molar-refractivity contribution in [1.29, 1.82) is 0 Å². The van der Waals surface area contributed by atoms with E-state index >= 15 is 0 Å². The van der Waals surface area contributed by atoms with Gasteiger partial charge in [0.2, 0.25) is 0 Å². The molecule has 1 fully saturated rings. The van der Waals surface area contributed by atoms with Gasteiger partial charge in [0.05, 0.1) is 9.58 Å². The molecule has 0 spiro atoms. The van der Waals surface area contributed by atoms with Crippen molar-refractivity contribution in [3.8, 4) is 0 Å². The van der Waals surface area contributed by atoms with Crippen LogP contribution >= 0.6 is 22.7 Å². The predicted molar refractivity (Wildman–Crippen MR) is 105 cm³/mol. The quantitative estimate of drug-likeness (QED) is 0.729. The highest BCUT2D eigenvalue weighted by Crippen LogP contribution is 2.34. The van der Waals surface area contributed by atoms with Crippen LogP contribution in [0.1, 0.15) is 22.5 Å². The number of benzene rings is 1. The number of piperidine rings is 1. The number of carbonyl (C=O) groups is 1. The Hall–Kier alpha value is -1.96. The Bertz CT molecular complexity index is 842. The summed E-state index contributed by atoms with van der Waals surface area (Å²) >= 11 is 3.07. The minimum Gasteiger partial charge on any atom is -0.336 e. The lowest BCUT2D eigenvalue weighted by Crippen LogP contribution is -2.46. The van der Waals surface area contributed by atoms with E-state index in [-0.39, 0.29) is 5.91 Å². The summed E-state index contributed by atoms with van der Waals surface area (Å²) in [6.07, 6.45) is 2.19. The smallest absolute Gasteiger partial charge is 0.264 e. The number of hydrogen-bond donors (Lipinski definition) is 2. The summed E-state index contributed by atoms with van der Waals surface area (Å²) < 4.78 is 1.06. The average molecular weight is 373 g/mol. The summed E-state index contributed by atoms with van der Waals surface area (Å²) in [5, 5.41) is 7.46. The molecular weight excluding hydrogens is 352 g/mol. The van der Waals surface area contributed by atoms with Gasteiger partial charge in [-0.05, 0) is 38.1 Å². The number of anilines is 2. The molecule has 25 heavy (non-hydrogen) atoms. The lowest BCUT2D eigenvalue weighted by atomic mass is 10.1. The number of thiazole rings is 1. The highest BCUT2D eigenvalue weighted by Gasteiger charge is 2.25.